The first kappa shape index (κ1) is 23.0. The van der Waals surface area contributed by atoms with Crippen molar-refractivity contribution in [1.29, 1.82) is 5.41 Å². The molecule has 172 valence electrons. The summed E-state index contributed by atoms with van der Waals surface area (Å²) in [5.74, 6) is 1.65. The number of rotatable bonds is 7. The van der Waals surface area contributed by atoms with Gasteiger partial charge in [0.25, 0.3) is 0 Å². The molecule has 0 aromatic carbocycles. The van der Waals surface area contributed by atoms with E-state index in [1.807, 2.05) is 63.5 Å². The summed E-state index contributed by atoms with van der Waals surface area (Å²) >= 11 is 0. The Morgan fingerprint density at radius 3 is 2.38 bits per heavy atom. The maximum atomic E-state index is 8.86. The minimum absolute atomic E-state index is 0.355. The summed E-state index contributed by atoms with van der Waals surface area (Å²) in [5.41, 5.74) is 7.05. The molecule has 0 bridgehead atoms. The number of pyridine rings is 3. The fourth-order valence-electron chi connectivity index (χ4n) is 3.69. The lowest BCUT2D eigenvalue weighted by Crippen LogP contribution is -2.09. The minimum atomic E-state index is 0.355. The molecule has 0 aliphatic rings. The molecule has 0 unspecified atom stereocenters. The molecule has 0 fully saturated rings. The molecule has 0 saturated heterocycles. The second-order valence-electron chi connectivity index (χ2n) is 8.47. The maximum absolute atomic E-state index is 8.86. The van der Waals surface area contributed by atoms with Gasteiger partial charge in [0.05, 0.1) is 22.9 Å². The van der Waals surface area contributed by atoms with Crippen LogP contribution in [0, 0.1) is 19.3 Å². The van der Waals surface area contributed by atoms with Crippen LogP contribution in [0.2, 0.25) is 0 Å². The van der Waals surface area contributed by atoms with Crippen LogP contribution in [0.15, 0.2) is 55.0 Å². The van der Waals surface area contributed by atoms with E-state index in [9.17, 15) is 0 Å². The highest BCUT2D eigenvalue weighted by Gasteiger charge is 2.14. The van der Waals surface area contributed by atoms with Crippen molar-refractivity contribution in [3.63, 3.8) is 0 Å². The van der Waals surface area contributed by atoms with E-state index in [1.54, 1.807) is 12.4 Å². The summed E-state index contributed by atoms with van der Waals surface area (Å²) < 4.78 is 0. The van der Waals surface area contributed by atoms with Gasteiger partial charge in [0.15, 0.2) is 5.82 Å². The average Bonchev–Trinajstić information content (AvgIpc) is 2.81. The van der Waals surface area contributed by atoms with Crippen LogP contribution in [-0.4, -0.2) is 37.9 Å². The van der Waals surface area contributed by atoms with Crippen molar-refractivity contribution in [2.75, 3.05) is 12.4 Å². The average molecular weight is 453 g/mol. The lowest BCUT2D eigenvalue weighted by atomic mass is 9.97. The molecule has 0 saturated carbocycles. The van der Waals surface area contributed by atoms with Crippen molar-refractivity contribution >= 4 is 34.0 Å². The highest BCUT2D eigenvalue weighted by atomic mass is 15.2. The zero-order valence-corrected chi connectivity index (χ0v) is 20.0. The molecule has 4 aromatic rings. The van der Waals surface area contributed by atoms with Gasteiger partial charge in [0.1, 0.15) is 5.82 Å². The van der Waals surface area contributed by atoms with Gasteiger partial charge < -0.3 is 10.6 Å². The first-order valence-corrected chi connectivity index (χ1v) is 11.1. The zero-order chi connectivity index (χ0) is 24.2. The monoisotopic (exact) mass is 452 g/mol. The van der Waals surface area contributed by atoms with Crippen molar-refractivity contribution in [2.24, 2.45) is 0 Å². The van der Waals surface area contributed by atoms with Gasteiger partial charge in [-0.25, -0.2) is 4.98 Å². The Kier molecular flexibility index (Phi) is 6.58. The Balaban J connectivity index is 1.69. The van der Waals surface area contributed by atoms with Crippen LogP contribution >= 0.6 is 0 Å². The van der Waals surface area contributed by atoms with Crippen molar-refractivity contribution in [1.82, 2.24) is 30.5 Å². The second kappa shape index (κ2) is 9.74. The highest BCUT2D eigenvalue weighted by molar-refractivity contribution is 6.30. The first-order valence-electron chi connectivity index (χ1n) is 11.1. The summed E-state index contributed by atoms with van der Waals surface area (Å²) in [5, 5.41) is 23.4. The van der Waals surface area contributed by atoms with Crippen LogP contribution in [0.4, 0.5) is 11.6 Å². The standard InChI is InChI=1S/C26H28N8/c1-15(2)19-11-25(34-30-13-19)33-24-7-6-22-23(32-24)10-20(12-29-22)21(14-28-5)26(27)18-8-16(3)31-17(4)9-18/h6-15,27-28H,1-5H3,(H,32,33,34)/b21-14-,27-26?. The third-order valence-electron chi connectivity index (χ3n) is 5.37. The Hall–Kier alpha value is -4.20. The number of allylic oxidation sites excluding steroid dienone is 1. The van der Waals surface area contributed by atoms with E-state index in [0.717, 1.165) is 39.2 Å². The molecule has 8 heteroatoms. The van der Waals surface area contributed by atoms with E-state index in [0.29, 0.717) is 28.8 Å². The molecule has 0 amide bonds. The molecular formula is C26H28N8. The van der Waals surface area contributed by atoms with Gasteiger partial charge in [-0.1, -0.05) is 13.8 Å². The minimum Gasteiger partial charge on any atom is -0.393 e. The number of hydrogen-bond acceptors (Lipinski definition) is 8. The number of nitrogens with zero attached hydrogens (tertiary/aromatic N) is 5. The van der Waals surface area contributed by atoms with Gasteiger partial charge in [-0.2, -0.15) is 5.10 Å². The van der Waals surface area contributed by atoms with Gasteiger partial charge in [0, 0.05) is 47.5 Å². The van der Waals surface area contributed by atoms with E-state index in [4.69, 9.17) is 10.4 Å². The third kappa shape index (κ3) is 5.06. The summed E-state index contributed by atoms with van der Waals surface area (Å²) in [7, 11) is 1.82. The topological polar surface area (TPSA) is 112 Å². The number of nitrogens with one attached hydrogen (secondary N) is 3. The van der Waals surface area contributed by atoms with Crippen molar-refractivity contribution in [2.45, 2.75) is 33.6 Å². The van der Waals surface area contributed by atoms with E-state index < -0.39 is 0 Å². The summed E-state index contributed by atoms with van der Waals surface area (Å²) in [6.45, 7) is 8.10. The van der Waals surface area contributed by atoms with Crippen LogP contribution in [0.1, 0.15) is 47.8 Å². The molecule has 0 radical (unpaired) electrons. The summed E-state index contributed by atoms with van der Waals surface area (Å²) in [4.78, 5) is 13.7. The highest BCUT2D eigenvalue weighted by Crippen LogP contribution is 2.24. The molecule has 0 aliphatic heterocycles. The largest absolute Gasteiger partial charge is 0.393 e. The van der Waals surface area contributed by atoms with Crippen molar-refractivity contribution in [3.8, 4) is 0 Å². The first-order chi connectivity index (χ1) is 16.3. The normalized spacial score (nSPS) is 11.6. The van der Waals surface area contributed by atoms with Crippen molar-refractivity contribution in [3.05, 3.63) is 83.1 Å². The SMILES string of the molecule is CN/C=C(\C(=N)c1cc(C)nc(C)c1)c1cnc2ccc(Nc3cc(C(C)C)cnn3)nc2c1. The van der Waals surface area contributed by atoms with Gasteiger partial charge in [-0.15, -0.1) is 5.10 Å². The Morgan fingerprint density at radius 2 is 1.68 bits per heavy atom. The summed E-state index contributed by atoms with van der Waals surface area (Å²) in [6.07, 6.45) is 5.36. The molecule has 0 aliphatic carbocycles. The fraction of sp³-hybridized carbons (Fsp3) is 0.231. The van der Waals surface area contributed by atoms with Crippen LogP contribution in [0.25, 0.3) is 16.6 Å². The van der Waals surface area contributed by atoms with Crippen LogP contribution < -0.4 is 10.6 Å². The van der Waals surface area contributed by atoms with E-state index >= 15 is 0 Å². The molecule has 4 rings (SSSR count). The molecule has 4 aromatic heterocycles. The quantitative estimate of drug-likeness (QED) is 0.341. The van der Waals surface area contributed by atoms with E-state index in [1.165, 1.54) is 0 Å². The molecule has 4 heterocycles. The van der Waals surface area contributed by atoms with Crippen LogP contribution in [0.3, 0.4) is 0 Å². The number of hydrogen-bond donors (Lipinski definition) is 3. The number of fused-ring (bicyclic) bond motifs is 1. The predicted molar refractivity (Wildman–Crippen MR) is 137 cm³/mol. The number of aryl methyl sites for hydroxylation is 2. The van der Waals surface area contributed by atoms with Gasteiger partial charge in [0.2, 0.25) is 0 Å². The Morgan fingerprint density at radius 1 is 0.912 bits per heavy atom. The maximum Gasteiger partial charge on any atom is 0.154 e. The molecular weight excluding hydrogens is 424 g/mol. The number of aromatic nitrogens is 5. The van der Waals surface area contributed by atoms with Gasteiger partial charge in [-0.05, 0) is 61.7 Å². The second-order valence-corrected chi connectivity index (χ2v) is 8.47. The molecule has 34 heavy (non-hydrogen) atoms. The summed E-state index contributed by atoms with van der Waals surface area (Å²) in [6, 6.07) is 11.5. The van der Waals surface area contributed by atoms with E-state index in [-0.39, 0.29) is 0 Å². The lowest BCUT2D eigenvalue weighted by Gasteiger charge is -2.12. The molecule has 0 atom stereocenters. The number of anilines is 2. The Bertz CT molecular complexity index is 1370. The van der Waals surface area contributed by atoms with Crippen molar-refractivity contribution < 1.29 is 0 Å². The van der Waals surface area contributed by atoms with Gasteiger partial charge in [-0.3, -0.25) is 15.4 Å². The van der Waals surface area contributed by atoms with E-state index in [2.05, 4.69) is 44.6 Å². The third-order valence-corrected chi connectivity index (χ3v) is 5.37. The molecule has 0 spiro atoms. The smallest absolute Gasteiger partial charge is 0.154 e. The molecule has 3 N–H and O–H groups in total. The van der Waals surface area contributed by atoms with Crippen LogP contribution in [-0.2, 0) is 0 Å². The van der Waals surface area contributed by atoms with Crippen LogP contribution in [0.5, 0.6) is 0 Å². The molecule has 8 nitrogen and oxygen atoms in total. The zero-order valence-electron chi connectivity index (χ0n) is 20.0. The predicted octanol–water partition coefficient (Wildman–Crippen LogP) is 4.93. The Labute approximate surface area is 199 Å². The fourth-order valence-corrected chi connectivity index (χ4v) is 3.69. The van der Waals surface area contributed by atoms with Gasteiger partial charge >= 0.3 is 0 Å². The lowest BCUT2D eigenvalue weighted by molar-refractivity contribution is 0.843.